The zero-order valence-electron chi connectivity index (χ0n) is 8.67. The van der Waals surface area contributed by atoms with Crippen molar-refractivity contribution in [3.8, 4) is 0 Å². The van der Waals surface area contributed by atoms with Crippen molar-refractivity contribution in [1.82, 2.24) is 4.98 Å². The van der Waals surface area contributed by atoms with E-state index in [0.717, 1.165) is 17.4 Å². The van der Waals surface area contributed by atoms with Crippen LogP contribution in [0, 0.1) is 0 Å². The van der Waals surface area contributed by atoms with Gasteiger partial charge in [0.2, 0.25) is 0 Å². The molecule has 1 aromatic heterocycles. The minimum Gasteiger partial charge on any atom is -0.397 e. The van der Waals surface area contributed by atoms with Crippen LogP contribution in [0.5, 0.6) is 0 Å². The van der Waals surface area contributed by atoms with Gasteiger partial charge < -0.3 is 5.73 Å². The molecule has 6 nitrogen and oxygen atoms in total. The number of carbonyl (C=O) groups excluding carboxylic acids is 1. The fourth-order valence-electron chi connectivity index (χ4n) is 1.33. The molecule has 0 spiro atoms. The van der Waals surface area contributed by atoms with E-state index in [1.54, 1.807) is 0 Å². The second-order valence-electron chi connectivity index (χ2n) is 3.41. The number of aromatic nitrogens is 1. The van der Waals surface area contributed by atoms with Crippen LogP contribution >= 0.6 is 11.3 Å². The lowest BCUT2D eigenvalue weighted by Gasteiger charge is -1.99. The molecule has 0 aliphatic heterocycles. The van der Waals surface area contributed by atoms with Gasteiger partial charge in [-0.05, 0) is 12.1 Å². The zero-order chi connectivity index (χ0) is 12.8. The molecule has 0 unspecified atom stereocenters. The van der Waals surface area contributed by atoms with Crippen molar-refractivity contribution in [2.45, 2.75) is 11.8 Å². The molecule has 2 rings (SSSR count). The molecular weight excluding hydrogens is 264 g/mol. The Morgan fingerprint density at radius 1 is 1.47 bits per heavy atom. The summed E-state index contributed by atoms with van der Waals surface area (Å²) in [5.74, 6) is -0.223. The first-order valence-electron chi connectivity index (χ1n) is 4.47. The first kappa shape index (κ1) is 12.0. The van der Waals surface area contributed by atoms with Gasteiger partial charge >= 0.3 is 0 Å². The van der Waals surface area contributed by atoms with E-state index >= 15 is 0 Å². The van der Waals surface area contributed by atoms with Crippen LogP contribution in [0.25, 0.3) is 10.2 Å². The van der Waals surface area contributed by atoms with Gasteiger partial charge in [-0.2, -0.15) is 8.42 Å². The number of anilines is 1. The lowest BCUT2D eigenvalue weighted by Crippen LogP contribution is -1.99. The maximum atomic E-state index is 11.1. The second-order valence-corrected chi connectivity index (χ2v) is 5.86. The van der Waals surface area contributed by atoms with Crippen LogP contribution in [-0.4, -0.2) is 23.7 Å². The highest BCUT2D eigenvalue weighted by Gasteiger charge is 2.16. The van der Waals surface area contributed by atoms with E-state index in [1.807, 2.05) is 0 Å². The van der Waals surface area contributed by atoms with Gasteiger partial charge in [0.1, 0.15) is 5.52 Å². The average molecular weight is 272 g/mol. The van der Waals surface area contributed by atoms with Gasteiger partial charge in [-0.1, -0.05) is 0 Å². The number of rotatable bonds is 2. The van der Waals surface area contributed by atoms with Crippen LogP contribution in [-0.2, 0) is 10.1 Å². The monoisotopic (exact) mass is 272 g/mol. The molecule has 8 heteroatoms. The number of fused-ring (bicyclic) bond motifs is 1. The Hall–Kier alpha value is -1.51. The smallest absolute Gasteiger partial charge is 0.294 e. The maximum Gasteiger partial charge on any atom is 0.294 e. The van der Waals surface area contributed by atoms with Crippen LogP contribution in [0.4, 0.5) is 5.69 Å². The van der Waals surface area contributed by atoms with Crippen molar-refractivity contribution in [1.29, 1.82) is 0 Å². The Labute approximate surface area is 101 Å². The summed E-state index contributed by atoms with van der Waals surface area (Å²) in [5, 5.41) is 0.249. The molecule has 0 saturated heterocycles. The van der Waals surface area contributed by atoms with Crippen molar-refractivity contribution in [3.63, 3.8) is 0 Å². The maximum absolute atomic E-state index is 11.1. The van der Waals surface area contributed by atoms with Gasteiger partial charge in [-0.3, -0.25) is 9.35 Å². The molecule has 90 valence electrons. The van der Waals surface area contributed by atoms with Gasteiger partial charge in [0.05, 0.1) is 15.3 Å². The molecule has 0 radical (unpaired) electrons. The molecule has 0 aliphatic carbocycles. The van der Waals surface area contributed by atoms with Gasteiger partial charge in [0.15, 0.2) is 10.8 Å². The molecule has 0 bridgehead atoms. The fraction of sp³-hybridized carbons (Fsp3) is 0.111. The van der Waals surface area contributed by atoms with Gasteiger partial charge in [0, 0.05) is 6.92 Å². The average Bonchev–Trinajstić information content (AvgIpc) is 2.60. The Morgan fingerprint density at radius 2 is 2.12 bits per heavy atom. The predicted molar refractivity (Wildman–Crippen MR) is 63.9 cm³/mol. The fourth-order valence-corrected chi connectivity index (χ4v) is 2.88. The third kappa shape index (κ3) is 2.14. The molecule has 17 heavy (non-hydrogen) atoms. The standard InChI is InChI=1S/C9H8N2O4S2/c1-4(12)9-11-8-6(10)2-5(17(13,14)15)3-7(8)16-9/h2-3H,10H2,1H3,(H,13,14,15). The van der Waals surface area contributed by atoms with Crippen LogP contribution in [0.15, 0.2) is 17.0 Å². The molecule has 0 aliphatic rings. The molecule has 0 saturated carbocycles. The molecule has 1 aromatic carbocycles. The van der Waals surface area contributed by atoms with Crippen LogP contribution in [0.3, 0.4) is 0 Å². The minimum absolute atomic E-state index is 0.110. The molecule has 0 atom stereocenters. The number of hydrogen-bond acceptors (Lipinski definition) is 6. The highest BCUT2D eigenvalue weighted by molar-refractivity contribution is 7.85. The summed E-state index contributed by atoms with van der Waals surface area (Å²) < 4.78 is 31.3. The first-order chi connectivity index (χ1) is 7.79. The molecule has 0 amide bonds. The number of ketones is 1. The summed E-state index contributed by atoms with van der Waals surface area (Å²) in [5.41, 5.74) is 6.10. The van der Waals surface area contributed by atoms with Crippen LogP contribution < -0.4 is 5.73 Å². The van der Waals surface area contributed by atoms with E-state index in [1.165, 1.54) is 13.0 Å². The van der Waals surface area contributed by atoms with E-state index in [2.05, 4.69) is 4.98 Å². The SMILES string of the molecule is CC(=O)c1nc2c(N)cc(S(=O)(=O)O)cc2s1. The van der Waals surface area contributed by atoms with E-state index in [4.69, 9.17) is 10.3 Å². The van der Waals surface area contributed by atoms with Gasteiger partial charge in [-0.25, -0.2) is 4.98 Å². The number of nitrogen functional groups attached to an aromatic ring is 1. The quantitative estimate of drug-likeness (QED) is 0.484. The third-order valence-corrected chi connectivity index (χ3v) is 4.03. The molecule has 1 heterocycles. The normalized spacial score (nSPS) is 11.9. The van der Waals surface area contributed by atoms with Crippen LogP contribution in [0.2, 0.25) is 0 Å². The minimum atomic E-state index is -4.31. The number of thiazole rings is 1. The molecule has 2 aromatic rings. The summed E-state index contributed by atoms with van der Waals surface area (Å²) in [4.78, 5) is 14.8. The topological polar surface area (TPSA) is 110 Å². The molecular formula is C9H8N2O4S2. The van der Waals surface area contributed by atoms with Crippen molar-refractivity contribution < 1.29 is 17.8 Å². The summed E-state index contributed by atoms with van der Waals surface area (Å²) in [6, 6.07) is 2.35. The Bertz CT molecular complexity index is 718. The number of benzene rings is 1. The van der Waals surface area contributed by atoms with E-state index in [-0.39, 0.29) is 21.4 Å². The second kappa shape index (κ2) is 3.76. The van der Waals surface area contributed by atoms with E-state index in [9.17, 15) is 13.2 Å². The summed E-state index contributed by atoms with van der Waals surface area (Å²) in [6.45, 7) is 1.36. The van der Waals surface area contributed by atoms with Crippen molar-refractivity contribution in [2.24, 2.45) is 0 Å². The molecule has 3 N–H and O–H groups in total. The number of hydrogen-bond donors (Lipinski definition) is 2. The van der Waals surface area contributed by atoms with Gasteiger partial charge in [-0.15, -0.1) is 11.3 Å². The number of nitrogens with zero attached hydrogens (tertiary/aromatic N) is 1. The number of Topliss-reactive ketones (excluding diaryl/α,β-unsaturated/α-hetero) is 1. The highest BCUT2D eigenvalue weighted by atomic mass is 32.2. The van der Waals surface area contributed by atoms with E-state index < -0.39 is 10.1 Å². The Morgan fingerprint density at radius 3 is 2.65 bits per heavy atom. The zero-order valence-corrected chi connectivity index (χ0v) is 10.3. The molecule has 0 fully saturated rings. The van der Waals surface area contributed by atoms with Crippen molar-refractivity contribution in [2.75, 3.05) is 5.73 Å². The first-order valence-corrected chi connectivity index (χ1v) is 6.73. The van der Waals surface area contributed by atoms with Crippen LogP contribution in [0.1, 0.15) is 16.7 Å². The number of nitrogens with two attached hydrogens (primary N) is 1. The Balaban J connectivity index is 2.78. The largest absolute Gasteiger partial charge is 0.397 e. The number of carbonyl (C=O) groups is 1. The van der Waals surface area contributed by atoms with E-state index in [0.29, 0.717) is 10.2 Å². The van der Waals surface area contributed by atoms with Gasteiger partial charge in [0.25, 0.3) is 10.1 Å². The lowest BCUT2D eigenvalue weighted by molar-refractivity contribution is 0.101. The van der Waals surface area contributed by atoms with Crippen molar-refractivity contribution in [3.05, 3.63) is 17.1 Å². The van der Waals surface area contributed by atoms with Crippen molar-refractivity contribution >= 4 is 43.1 Å². The summed E-state index contributed by atoms with van der Waals surface area (Å²) in [6.07, 6.45) is 0. The summed E-state index contributed by atoms with van der Waals surface area (Å²) in [7, 11) is -4.31. The Kier molecular flexibility index (Phi) is 2.64. The lowest BCUT2D eigenvalue weighted by atomic mass is 10.3. The highest BCUT2D eigenvalue weighted by Crippen LogP contribution is 2.30. The third-order valence-electron chi connectivity index (χ3n) is 2.10. The summed E-state index contributed by atoms with van der Waals surface area (Å²) >= 11 is 1.03. The predicted octanol–water partition coefficient (Wildman–Crippen LogP) is 1.33.